The number of alkyl halides is 1. The highest BCUT2D eigenvalue weighted by Gasteiger charge is 2.06. The van der Waals surface area contributed by atoms with Gasteiger partial charge in [0.15, 0.2) is 0 Å². The third-order valence-corrected chi connectivity index (χ3v) is 2.13. The van der Waals surface area contributed by atoms with Gasteiger partial charge in [-0.15, -0.1) is 0 Å². The van der Waals surface area contributed by atoms with Crippen LogP contribution in [-0.4, -0.2) is 17.6 Å². The van der Waals surface area contributed by atoms with E-state index in [4.69, 9.17) is 15.9 Å². The molecule has 0 aromatic heterocycles. The van der Waals surface area contributed by atoms with Crippen LogP contribution in [0.25, 0.3) is 0 Å². The first kappa shape index (κ1) is 11.0. The fraction of sp³-hybridized carbons (Fsp3) is 0.300. The molecule has 0 aliphatic rings. The summed E-state index contributed by atoms with van der Waals surface area (Å²) in [6.45, 7) is 2.28. The minimum Gasteiger partial charge on any atom is -0.491 e. The number of benzene rings is 1. The maximum atomic E-state index is 7.51. The van der Waals surface area contributed by atoms with Crippen LogP contribution in [0.2, 0.25) is 0 Å². The van der Waals surface area contributed by atoms with Gasteiger partial charge in [-0.2, -0.15) is 0 Å². The maximum Gasteiger partial charge on any atom is 0.142 e. The molecule has 0 saturated heterocycles. The molecule has 0 spiro atoms. The zero-order chi connectivity index (χ0) is 10.6. The summed E-state index contributed by atoms with van der Waals surface area (Å²) in [6.07, 6.45) is 0. The van der Waals surface area contributed by atoms with Gasteiger partial charge in [0, 0.05) is 16.6 Å². The van der Waals surface area contributed by atoms with E-state index in [1.807, 2.05) is 18.2 Å². The maximum absolute atomic E-state index is 7.51. The van der Waals surface area contributed by atoms with Crippen molar-refractivity contribution in [2.75, 3.05) is 17.7 Å². The predicted octanol–water partition coefficient (Wildman–Crippen LogP) is 2.43. The molecule has 3 nitrogen and oxygen atoms in total. The lowest BCUT2D eigenvalue weighted by atomic mass is 10.1. The number of nitrogen functional groups attached to an aromatic ring is 1. The summed E-state index contributed by atoms with van der Waals surface area (Å²) in [4.78, 5) is 0. The second kappa shape index (κ2) is 5.00. The van der Waals surface area contributed by atoms with Gasteiger partial charge in [0.2, 0.25) is 0 Å². The average Bonchev–Trinajstić information content (AvgIpc) is 2.16. The highest BCUT2D eigenvalue weighted by atomic mass is 79.9. The third kappa shape index (κ3) is 2.48. The Morgan fingerprint density at radius 2 is 2.29 bits per heavy atom. The number of para-hydroxylation sites is 1. The highest BCUT2D eigenvalue weighted by Crippen LogP contribution is 2.25. The summed E-state index contributed by atoms with van der Waals surface area (Å²) in [5.41, 5.74) is 7.57. The van der Waals surface area contributed by atoms with Crippen molar-refractivity contribution in [3.63, 3.8) is 0 Å². The number of rotatable bonds is 4. The fourth-order valence-electron chi connectivity index (χ4n) is 1.15. The predicted molar refractivity (Wildman–Crippen MR) is 62.6 cm³/mol. The minimum atomic E-state index is 0.451. The van der Waals surface area contributed by atoms with Crippen LogP contribution in [0.3, 0.4) is 0 Å². The molecule has 0 bridgehead atoms. The van der Waals surface area contributed by atoms with E-state index in [-0.39, 0.29) is 0 Å². The van der Waals surface area contributed by atoms with Gasteiger partial charge in [0.05, 0.1) is 12.3 Å². The van der Waals surface area contributed by atoms with Crippen LogP contribution in [0.4, 0.5) is 5.69 Å². The molecule has 0 fully saturated rings. The van der Waals surface area contributed by atoms with Gasteiger partial charge in [-0.05, 0) is 13.0 Å². The van der Waals surface area contributed by atoms with Crippen LogP contribution in [0.5, 0.6) is 5.75 Å². The number of nitrogens with two attached hydrogens (primary N) is 1. The summed E-state index contributed by atoms with van der Waals surface area (Å²) in [7, 11) is 0. The molecule has 0 aliphatic heterocycles. The second-order valence-electron chi connectivity index (χ2n) is 2.88. The standard InChI is InChI=1S/C10H13BrN2O/c1-7(12)8-3-2-4-9(10(8)13)14-6-5-11/h2-4,12H,5-6,13H2,1H3. The molecule has 0 saturated carbocycles. The first-order valence-electron chi connectivity index (χ1n) is 4.29. The quantitative estimate of drug-likeness (QED) is 0.494. The molecule has 3 N–H and O–H groups in total. The van der Waals surface area contributed by atoms with Crippen LogP contribution in [0, 0.1) is 5.41 Å². The van der Waals surface area contributed by atoms with Crippen LogP contribution in [0.15, 0.2) is 18.2 Å². The average molecular weight is 257 g/mol. The lowest BCUT2D eigenvalue weighted by Gasteiger charge is -2.10. The lowest BCUT2D eigenvalue weighted by Crippen LogP contribution is -2.05. The van der Waals surface area contributed by atoms with E-state index in [1.54, 1.807) is 6.92 Å². The summed E-state index contributed by atoms with van der Waals surface area (Å²) >= 11 is 3.27. The first-order chi connectivity index (χ1) is 6.66. The Bertz CT molecular complexity index is 339. The van der Waals surface area contributed by atoms with Crippen LogP contribution in [0.1, 0.15) is 12.5 Å². The van der Waals surface area contributed by atoms with Crippen molar-refractivity contribution < 1.29 is 4.74 Å². The van der Waals surface area contributed by atoms with Crippen molar-refractivity contribution in [3.8, 4) is 5.75 Å². The smallest absolute Gasteiger partial charge is 0.142 e. The summed E-state index contributed by atoms with van der Waals surface area (Å²) < 4.78 is 5.41. The fourth-order valence-corrected chi connectivity index (χ4v) is 1.31. The summed E-state index contributed by atoms with van der Waals surface area (Å²) in [5, 5.41) is 8.27. The van der Waals surface area contributed by atoms with Crippen molar-refractivity contribution in [1.29, 1.82) is 5.41 Å². The minimum absolute atomic E-state index is 0.451. The van der Waals surface area contributed by atoms with E-state index in [1.165, 1.54) is 0 Å². The third-order valence-electron chi connectivity index (χ3n) is 1.80. The Balaban J connectivity index is 2.95. The van der Waals surface area contributed by atoms with Crippen molar-refractivity contribution in [2.24, 2.45) is 0 Å². The SMILES string of the molecule is CC(=N)c1cccc(OCCBr)c1N. The van der Waals surface area contributed by atoms with Gasteiger partial charge in [-0.25, -0.2) is 0 Å². The normalized spacial score (nSPS) is 9.86. The molecule has 1 aromatic rings. The molecule has 0 aliphatic carbocycles. The highest BCUT2D eigenvalue weighted by molar-refractivity contribution is 9.09. The van der Waals surface area contributed by atoms with E-state index < -0.39 is 0 Å². The molecule has 0 amide bonds. The van der Waals surface area contributed by atoms with Gasteiger partial charge < -0.3 is 15.9 Å². The number of halogens is 1. The molecule has 0 radical (unpaired) electrons. The van der Waals surface area contributed by atoms with Crippen molar-refractivity contribution in [3.05, 3.63) is 23.8 Å². The van der Waals surface area contributed by atoms with Gasteiger partial charge in [-0.1, -0.05) is 28.1 Å². The van der Waals surface area contributed by atoms with E-state index in [0.29, 0.717) is 23.8 Å². The van der Waals surface area contributed by atoms with Crippen LogP contribution in [-0.2, 0) is 0 Å². The zero-order valence-corrected chi connectivity index (χ0v) is 9.60. The largest absolute Gasteiger partial charge is 0.491 e. The topological polar surface area (TPSA) is 59.1 Å². The van der Waals surface area contributed by atoms with E-state index in [2.05, 4.69) is 15.9 Å². The number of anilines is 1. The second-order valence-corrected chi connectivity index (χ2v) is 3.67. The van der Waals surface area contributed by atoms with Gasteiger partial charge in [0.25, 0.3) is 0 Å². The van der Waals surface area contributed by atoms with E-state index in [9.17, 15) is 0 Å². The molecule has 76 valence electrons. The summed E-state index contributed by atoms with van der Waals surface area (Å²) in [6, 6.07) is 5.47. The monoisotopic (exact) mass is 256 g/mol. The molecule has 1 aromatic carbocycles. The van der Waals surface area contributed by atoms with Crippen LogP contribution < -0.4 is 10.5 Å². The molecule has 0 atom stereocenters. The first-order valence-corrected chi connectivity index (χ1v) is 5.41. The molecular weight excluding hydrogens is 244 g/mol. The Hall–Kier alpha value is -1.03. The van der Waals surface area contributed by atoms with Crippen molar-refractivity contribution >= 4 is 27.3 Å². The lowest BCUT2D eigenvalue weighted by molar-refractivity contribution is 0.347. The Morgan fingerprint density at radius 3 is 2.86 bits per heavy atom. The molecule has 0 unspecified atom stereocenters. The Morgan fingerprint density at radius 1 is 1.57 bits per heavy atom. The van der Waals surface area contributed by atoms with E-state index in [0.717, 1.165) is 10.9 Å². The van der Waals surface area contributed by atoms with E-state index >= 15 is 0 Å². The summed E-state index contributed by atoms with van der Waals surface area (Å²) in [5.74, 6) is 0.647. The molecule has 0 heterocycles. The number of hydrogen-bond acceptors (Lipinski definition) is 3. The van der Waals surface area contributed by atoms with Crippen molar-refractivity contribution in [2.45, 2.75) is 6.92 Å². The number of ether oxygens (including phenoxy) is 1. The van der Waals surface area contributed by atoms with Crippen LogP contribution >= 0.6 is 15.9 Å². The molecule has 14 heavy (non-hydrogen) atoms. The molecule has 1 rings (SSSR count). The zero-order valence-electron chi connectivity index (χ0n) is 8.01. The molecular formula is C10H13BrN2O. The molecule has 4 heteroatoms. The van der Waals surface area contributed by atoms with Gasteiger partial charge in [-0.3, -0.25) is 0 Å². The van der Waals surface area contributed by atoms with Gasteiger partial charge in [0.1, 0.15) is 5.75 Å². The van der Waals surface area contributed by atoms with Crippen molar-refractivity contribution in [1.82, 2.24) is 0 Å². The number of nitrogens with one attached hydrogen (secondary N) is 1. The Labute approximate surface area is 91.9 Å². The Kier molecular flexibility index (Phi) is 3.95. The van der Waals surface area contributed by atoms with Gasteiger partial charge >= 0.3 is 0 Å². The number of hydrogen-bond donors (Lipinski definition) is 2.